The summed E-state index contributed by atoms with van der Waals surface area (Å²) in [5.74, 6) is 0. The van der Waals surface area contributed by atoms with Crippen LogP contribution < -0.4 is 10.2 Å². The smallest absolute Gasteiger partial charge is 0.306 e. The molecule has 2 heterocycles. The Hall–Kier alpha value is -2.59. The number of nitrogens with one attached hydrogen (secondary N) is 1. The van der Waals surface area contributed by atoms with Crippen LogP contribution in [0.1, 0.15) is 5.56 Å². The highest BCUT2D eigenvalue weighted by molar-refractivity contribution is 6.04. The van der Waals surface area contributed by atoms with E-state index in [9.17, 15) is 4.79 Å². The molecule has 23 heavy (non-hydrogen) atoms. The fourth-order valence-corrected chi connectivity index (χ4v) is 2.92. The van der Waals surface area contributed by atoms with Crippen LogP contribution in [-0.4, -0.2) is 17.6 Å². The Bertz CT molecular complexity index is 851. The monoisotopic (exact) mass is 325 g/mol. The van der Waals surface area contributed by atoms with Crippen LogP contribution in [0.3, 0.4) is 0 Å². The van der Waals surface area contributed by atoms with Crippen molar-refractivity contribution in [1.29, 1.82) is 0 Å². The van der Waals surface area contributed by atoms with Crippen molar-refractivity contribution in [3.8, 4) is 0 Å². The van der Waals surface area contributed by atoms with Crippen LogP contribution in [0.15, 0.2) is 60.9 Å². The number of anilines is 2. The molecule has 2 aromatic carbocycles. The third kappa shape index (κ3) is 2.85. The second-order valence-electron chi connectivity index (χ2n) is 5.40. The molecule has 0 saturated carbocycles. The van der Waals surface area contributed by atoms with Crippen molar-refractivity contribution in [3.05, 3.63) is 66.5 Å². The van der Waals surface area contributed by atoms with Gasteiger partial charge in [0.25, 0.3) is 0 Å². The number of benzene rings is 2. The number of carbonyl (C=O) groups excluding carboxylic acids is 1. The molecule has 0 atom stereocenters. The quantitative estimate of drug-likeness (QED) is 0.727. The van der Waals surface area contributed by atoms with E-state index in [4.69, 9.17) is 0 Å². The van der Waals surface area contributed by atoms with E-state index in [1.807, 2.05) is 18.2 Å². The lowest BCUT2D eigenvalue weighted by atomic mass is 10.1. The van der Waals surface area contributed by atoms with Gasteiger partial charge in [0.15, 0.2) is 0 Å². The molecule has 1 aromatic heterocycles. The molecule has 0 spiro atoms. The SMILES string of the molecule is Cl.O=C(Nc1cccnc1)N1CCc2cc3ccccc3cc21. The van der Waals surface area contributed by atoms with Gasteiger partial charge in [0.05, 0.1) is 11.9 Å². The lowest BCUT2D eigenvalue weighted by Gasteiger charge is -2.18. The minimum Gasteiger partial charge on any atom is -0.306 e. The number of urea groups is 1. The van der Waals surface area contributed by atoms with Gasteiger partial charge in [-0.25, -0.2) is 4.79 Å². The van der Waals surface area contributed by atoms with E-state index < -0.39 is 0 Å². The van der Waals surface area contributed by atoms with Gasteiger partial charge in [-0.15, -0.1) is 12.4 Å². The zero-order valence-electron chi connectivity index (χ0n) is 12.4. The van der Waals surface area contributed by atoms with Gasteiger partial charge >= 0.3 is 6.03 Å². The number of nitrogens with zero attached hydrogens (tertiary/aromatic N) is 2. The van der Waals surface area contributed by atoms with Crippen molar-refractivity contribution in [3.63, 3.8) is 0 Å². The largest absolute Gasteiger partial charge is 0.326 e. The molecule has 4 nitrogen and oxygen atoms in total. The Labute approximate surface area is 140 Å². The lowest BCUT2D eigenvalue weighted by molar-refractivity contribution is 0.257. The van der Waals surface area contributed by atoms with Gasteiger partial charge in [-0.05, 0) is 47.0 Å². The molecule has 5 heteroatoms. The fourth-order valence-electron chi connectivity index (χ4n) is 2.92. The third-order valence-corrected chi connectivity index (χ3v) is 4.00. The average Bonchev–Trinajstić information content (AvgIpc) is 2.96. The normalized spacial score (nSPS) is 12.6. The first kappa shape index (κ1) is 15.3. The average molecular weight is 326 g/mol. The lowest BCUT2D eigenvalue weighted by Crippen LogP contribution is -2.33. The van der Waals surface area contributed by atoms with Gasteiger partial charge < -0.3 is 5.32 Å². The maximum atomic E-state index is 12.5. The molecule has 1 aliphatic rings. The number of pyridine rings is 1. The number of carbonyl (C=O) groups is 1. The van der Waals surface area contributed by atoms with E-state index in [1.165, 1.54) is 10.9 Å². The highest BCUT2D eigenvalue weighted by Crippen LogP contribution is 2.32. The van der Waals surface area contributed by atoms with E-state index in [0.717, 1.165) is 17.5 Å². The van der Waals surface area contributed by atoms with Crippen molar-refractivity contribution >= 4 is 40.6 Å². The number of amides is 2. The van der Waals surface area contributed by atoms with Crippen molar-refractivity contribution in [1.82, 2.24) is 4.98 Å². The molecule has 0 aliphatic carbocycles. The Balaban J connectivity index is 0.00000156. The second kappa shape index (κ2) is 6.26. The van der Waals surface area contributed by atoms with Crippen LogP contribution in [0, 0.1) is 0 Å². The zero-order chi connectivity index (χ0) is 14.9. The van der Waals surface area contributed by atoms with E-state index in [2.05, 4.69) is 34.6 Å². The van der Waals surface area contributed by atoms with Gasteiger partial charge in [-0.1, -0.05) is 24.3 Å². The summed E-state index contributed by atoms with van der Waals surface area (Å²) in [5, 5.41) is 5.27. The zero-order valence-corrected chi connectivity index (χ0v) is 13.2. The molecule has 0 radical (unpaired) electrons. The van der Waals surface area contributed by atoms with Crippen molar-refractivity contribution < 1.29 is 4.79 Å². The van der Waals surface area contributed by atoms with Crippen LogP contribution >= 0.6 is 12.4 Å². The van der Waals surface area contributed by atoms with Gasteiger partial charge in [-0.2, -0.15) is 0 Å². The molecule has 3 aromatic rings. The summed E-state index contributed by atoms with van der Waals surface area (Å²) in [6.07, 6.45) is 4.23. The maximum absolute atomic E-state index is 12.5. The molecule has 0 fully saturated rings. The first-order chi connectivity index (χ1) is 10.8. The number of hydrogen-bond acceptors (Lipinski definition) is 2. The Morgan fingerprint density at radius 2 is 1.87 bits per heavy atom. The van der Waals surface area contributed by atoms with Crippen molar-refractivity contribution in [2.24, 2.45) is 0 Å². The summed E-state index contributed by atoms with van der Waals surface area (Å²) >= 11 is 0. The van der Waals surface area contributed by atoms with Crippen molar-refractivity contribution in [2.45, 2.75) is 6.42 Å². The Kier molecular flexibility index (Phi) is 4.17. The van der Waals surface area contributed by atoms with Crippen LogP contribution in [0.25, 0.3) is 10.8 Å². The number of fused-ring (bicyclic) bond motifs is 2. The molecular formula is C18H16ClN3O. The number of rotatable bonds is 1. The van der Waals surface area contributed by atoms with Gasteiger partial charge in [-0.3, -0.25) is 9.88 Å². The van der Waals surface area contributed by atoms with Crippen LogP contribution in [0.2, 0.25) is 0 Å². The highest BCUT2D eigenvalue weighted by atomic mass is 35.5. The molecule has 1 aliphatic heterocycles. The molecule has 0 bridgehead atoms. The second-order valence-corrected chi connectivity index (χ2v) is 5.40. The third-order valence-electron chi connectivity index (χ3n) is 4.00. The first-order valence-corrected chi connectivity index (χ1v) is 7.31. The predicted molar refractivity (Wildman–Crippen MR) is 95.5 cm³/mol. The maximum Gasteiger partial charge on any atom is 0.326 e. The molecule has 116 valence electrons. The summed E-state index contributed by atoms with van der Waals surface area (Å²) in [4.78, 5) is 18.3. The van der Waals surface area contributed by atoms with Crippen LogP contribution in [0.4, 0.5) is 16.2 Å². The van der Waals surface area contributed by atoms with Crippen LogP contribution in [0.5, 0.6) is 0 Å². The van der Waals surface area contributed by atoms with E-state index >= 15 is 0 Å². The minimum absolute atomic E-state index is 0. The molecule has 4 rings (SSSR count). The minimum atomic E-state index is -0.109. The van der Waals surface area contributed by atoms with Gasteiger partial charge in [0.2, 0.25) is 0 Å². The van der Waals surface area contributed by atoms with Gasteiger partial charge in [0.1, 0.15) is 0 Å². The van der Waals surface area contributed by atoms with E-state index in [0.29, 0.717) is 12.2 Å². The molecule has 1 N–H and O–H groups in total. The molecule has 0 unspecified atom stereocenters. The Morgan fingerprint density at radius 3 is 2.61 bits per heavy atom. The molecular weight excluding hydrogens is 310 g/mol. The predicted octanol–water partition coefficient (Wildman–Crippen LogP) is 4.25. The van der Waals surface area contributed by atoms with E-state index in [-0.39, 0.29) is 18.4 Å². The summed E-state index contributed by atoms with van der Waals surface area (Å²) in [7, 11) is 0. The van der Waals surface area contributed by atoms with Gasteiger partial charge in [0, 0.05) is 18.4 Å². The number of aromatic nitrogens is 1. The number of hydrogen-bond donors (Lipinski definition) is 1. The van der Waals surface area contributed by atoms with Crippen LogP contribution in [-0.2, 0) is 6.42 Å². The molecule has 0 saturated heterocycles. The number of halogens is 1. The summed E-state index contributed by atoms with van der Waals surface area (Å²) in [6.45, 7) is 0.706. The Morgan fingerprint density at radius 1 is 1.09 bits per heavy atom. The summed E-state index contributed by atoms with van der Waals surface area (Å²) in [5.41, 5.74) is 2.93. The fraction of sp³-hybridized carbons (Fsp3) is 0.111. The topological polar surface area (TPSA) is 45.2 Å². The summed E-state index contributed by atoms with van der Waals surface area (Å²) < 4.78 is 0. The standard InChI is InChI=1S/C18H15N3O.ClH/c22-18(20-16-6-3-8-19-12-16)21-9-7-15-10-13-4-1-2-5-14(13)11-17(15)21;/h1-6,8,10-12H,7,9H2,(H,20,22);1H. The van der Waals surface area contributed by atoms with Crippen molar-refractivity contribution in [2.75, 3.05) is 16.8 Å². The molecule has 2 amide bonds. The summed E-state index contributed by atoms with van der Waals surface area (Å²) in [6, 6.07) is 16.0. The first-order valence-electron chi connectivity index (χ1n) is 7.31. The van der Waals surface area contributed by atoms with E-state index in [1.54, 1.807) is 23.4 Å². The highest BCUT2D eigenvalue weighted by Gasteiger charge is 2.25.